The van der Waals surface area contributed by atoms with Gasteiger partial charge in [0.1, 0.15) is 11.3 Å². The van der Waals surface area contributed by atoms with Crippen LogP contribution in [0.4, 0.5) is 13.2 Å². The van der Waals surface area contributed by atoms with Gasteiger partial charge in [0.2, 0.25) is 11.2 Å². The molecule has 0 aliphatic carbocycles. The summed E-state index contributed by atoms with van der Waals surface area (Å²) < 4.78 is 63.0. The zero-order valence-electron chi connectivity index (χ0n) is 21.0. The van der Waals surface area contributed by atoms with Crippen molar-refractivity contribution in [2.75, 3.05) is 6.61 Å². The van der Waals surface area contributed by atoms with Crippen molar-refractivity contribution in [2.45, 2.75) is 13.1 Å². The van der Waals surface area contributed by atoms with Crippen molar-refractivity contribution in [1.82, 2.24) is 0 Å². The van der Waals surface area contributed by atoms with E-state index in [1.807, 2.05) is 42.5 Å². The number of esters is 1. The van der Waals surface area contributed by atoms with Crippen molar-refractivity contribution in [3.8, 4) is 23.0 Å². The van der Waals surface area contributed by atoms with Gasteiger partial charge in [-0.1, -0.05) is 54.6 Å². The van der Waals surface area contributed by atoms with Gasteiger partial charge in [-0.25, -0.2) is 4.79 Å². The first-order valence-corrected chi connectivity index (χ1v) is 12.2. The summed E-state index contributed by atoms with van der Waals surface area (Å²) in [6.45, 7) is 1.93. The molecule has 0 aliphatic rings. The lowest BCUT2D eigenvalue weighted by atomic mass is 10.0. The van der Waals surface area contributed by atoms with Crippen molar-refractivity contribution in [1.29, 1.82) is 0 Å². The first-order chi connectivity index (χ1) is 19.2. The minimum atomic E-state index is -5.06. The molecular formula is C31H21F3O6. The van der Waals surface area contributed by atoms with Crippen LogP contribution in [0.25, 0.3) is 27.8 Å². The van der Waals surface area contributed by atoms with Gasteiger partial charge in [0, 0.05) is 12.1 Å². The smallest absolute Gasteiger partial charge is 0.453 e. The lowest BCUT2D eigenvalue weighted by Gasteiger charge is -2.15. The molecule has 5 rings (SSSR count). The fraction of sp³-hybridized carbons (Fsp3) is 0.0968. The van der Waals surface area contributed by atoms with Gasteiger partial charge in [-0.3, -0.25) is 4.79 Å². The molecular weight excluding hydrogens is 525 g/mol. The highest BCUT2D eigenvalue weighted by atomic mass is 19.4. The standard InChI is InChI=1S/C31H21F3O6/c1-2-37-24-12-5-6-13-25(24)39-29-28(36)23-16-15-21(18-26(23)40-30(29)31(32,33)34)38-27(35)17-14-20-10-7-9-19-8-3-4-11-22(19)20/h3-18H,2H2,1H3. The molecule has 0 spiro atoms. The number of halogens is 3. The van der Waals surface area contributed by atoms with Crippen molar-refractivity contribution in [3.05, 3.63) is 113 Å². The second-order valence-corrected chi connectivity index (χ2v) is 8.55. The van der Waals surface area contributed by atoms with E-state index in [4.69, 9.17) is 18.6 Å². The summed E-state index contributed by atoms with van der Waals surface area (Å²) in [5.74, 6) is -3.45. The van der Waals surface area contributed by atoms with E-state index < -0.39 is 34.7 Å². The predicted octanol–water partition coefficient (Wildman–Crippen LogP) is 7.77. The van der Waals surface area contributed by atoms with Crippen molar-refractivity contribution >= 4 is 33.8 Å². The summed E-state index contributed by atoms with van der Waals surface area (Å²) in [6.07, 6.45) is -2.27. The molecule has 0 fully saturated rings. The van der Waals surface area contributed by atoms with Crippen molar-refractivity contribution in [2.24, 2.45) is 0 Å². The topological polar surface area (TPSA) is 75.0 Å². The van der Waals surface area contributed by atoms with Gasteiger partial charge in [-0.15, -0.1) is 0 Å². The van der Waals surface area contributed by atoms with Crippen LogP contribution in [0.3, 0.4) is 0 Å². The fourth-order valence-corrected chi connectivity index (χ4v) is 4.12. The van der Waals surface area contributed by atoms with E-state index in [9.17, 15) is 22.8 Å². The van der Waals surface area contributed by atoms with Crippen molar-refractivity contribution in [3.63, 3.8) is 0 Å². The summed E-state index contributed by atoms with van der Waals surface area (Å²) >= 11 is 0. The highest BCUT2D eigenvalue weighted by molar-refractivity contribution is 5.95. The number of ether oxygens (including phenoxy) is 3. The molecule has 0 saturated carbocycles. The second-order valence-electron chi connectivity index (χ2n) is 8.55. The minimum Gasteiger partial charge on any atom is -0.490 e. The number of carbonyl (C=O) groups is 1. The van der Waals surface area contributed by atoms with E-state index >= 15 is 0 Å². The maximum Gasteiger partial charge on any atom is 0.453 e. The van der Waals surface area contributed by atoms with Gasteiger partial charge in [-0.2, -0.15) is 13.2 Å². The Kier molecular flexibility index (Phi) is 7.29. The highest BCUT2D eigenvalue weighted by Gasteiger charge is 2.40. The molecule has 0 unspecified atom stereocenters. The summed E-state index contributed by atoms with van der Waals surface area (Å²) in [6, 6.07) is 22.8. The molecule has 202 valence electrons. The predicted molar refractivity (Wildman–Crippen MR) is 144 cm³/mol. The SMILES string of the molecule is CCOc1ccccc1Oc1c(C(F)(F)F)oc2cc(OC(=O)C=Cc3cccc4ccccc34)ccc2c1=O. The van der Waals surface area contributed by atoms with Gasteiger partial charge < -0.3 is 18.6 Å². The van der Waals surface area contributed by atoms with E-state index in [2.05, 4.69) is 0 Å². The molecule has 0 N–H and O–H groups in total. The molecule has 0 bridgehead atoms. The first kappa shape index (κ1) is 26.6. The number of para-hydroxylation sites is 2. The van der Waals surface area contributed by atoms with Gasteiger partial charge in [0.05, 0.1) is 12.0 Å². The summed E-state index contributed by atoms with van der Waals surface area (Å²) in [7, 11) is 0. The Balaban J connectivity index is 1.46. The molecule has 5 aromatic rings. The Morgan fingerprint density at radius 2 is 1.62 bits per heavy atom. The second kappa shape index (κ2) is 11.0. The monoisotopic (exact) mass is 546 g/mol. The Morgan fingerprint density at radius 3 is 2.40 bits per heavy atom. The van der Waals surface area contributed by atoms with Crippen LogP contribution < -0.4 is 19.6 Å². The molecule has 4 aromatic carbocycles. The maximum absolute atomic E-state index is 14.0. The number of fused-ring (bicyclic) bond motifs is 2. The molecule has 0 saturated heterocycles. The number of rotatable bonds is 7. The Hall–Kier alpha value is -5.05. The molecule has 6 nitrogen and oxygen atoms in total. The van der Waals surface area contributed by atoms with E-state index in [-0.39, 0.29) is 29.2 Å². The normalized spacial score (nSPS) is 11.7. The third-order valence-electron chi connectivity index (χ3n) is 5.88. The Labute approximate surface area is 225 Å². The largest absolute Gasteiger partial charge is 0.490 e. The average Bonchev–Trinajstić information content (AvgIpc) is 2.93. The molecule has 9 heteroatoms. The van der Waals surface area contributed by atoms with Crippen LogP contribution >= 0.6 is 0 Å². The maximum atomic E-state index is 14.0. The molecule has 40 heavy (non-hydrogen) atoms. The molecule has 0 amide bonds. The van der Waals surface area contributed by atoms with Gasteiger partial charge >= 0.3 is 12.1 Å². The number of hydrogen-bond donors (Lipinski definition) is 0. The van der Waals surface area contributed by atoms with Crippen LogP contribution in [0, 0.1) is 0 Å². The summed E-state index contributed by atoms with van der Waals surface area (Å²) in [4.78, 5) is 25.6. The first-order valence-electron chi connectivity index (χ1n) is 12.2. The Morgan fingerprint density at radius 1 is 0.900 bits per heavy atom. The van der Waals surface area contributed by atoms with E-state index in [1.54, 1.807) is 19.1 Å². The molecule has 1 aromatic heterocycles. The third-order valence-corrected chi connectivity index (χ3v) is 5.88. The lowest BCUT2D eigenvalue weighted by Crippen LogP contribution is -2.16. The number of hydrogen-bond acceptors (Lipinski definition) is 6. The third kappa shape index (κ3) is 5.54. The number of alkyl halides is 3. The molecule has 0 aliphatic heterocycles. The van der Waals surface area contributed by atoms with Crippen LogP contribution in [-0.4, -0.2) is 12.6 Å². The van der Waals surface area contributed by atoms with E-state index in [0.29, 0.717) is 0 Å². The highest BCUT2D eigenvalue weighted by Crippen LogP contribution is 2.40. The van der Waals surface area contributed by atoms with Crippen LogP contribution in [0.5, 0.6) is 23.0 Å². The zero-order valence-corrected chi connectivity index (χ0v) is 21.0. The number of benzene rings is 4. The van der Waals surface area contributed by atoms with Gasteiger partial charge in [0.25, 0.3) is 5.76 Å². The number of carbonyl (C=O) groups excluding carboxylic acids is 1. The van der Waals surface area contributed by atoms with Crippen LogP contribution in [0.15, 0.2) is 100 Å². The van der Waals surface area contributed by atoms with Crippen LogP contribution in [-0.2, 0) is 11.0 Å². The quantitative estimate of drug-likeness (QED) is 0.118. The van der Waals surface area contributed by atoms with Gasteiger partial charge in [-0.05, 0) is 53.6 Å². The summed E-state index contributed by atoms with van der Waals surface area (Å²) in [5, 5.41) is 1.74. The summed E-state index contributed by atoms with van der Waals surface area (Å²) in [5.41, 5.74) is -0.687. The Bertz CT molecular complexity index is 1800. The van der Waals surface area contributed by atoms with Crippen molar-refractivity contribution < 1.29 is 36.6 Å². The molecule has 1 heterocycles. The van der Waals surface area contributed by atoms with Crippen LogP contribution in [0.1, 0.15) is 18.2 Å². The van der Waals surface area contributed by atoms with Crippen LogP contribution in [0.2, 0.25) is 0 Å². The zero-order chi connectivity index (χ0) is 28.3. The lowest BCUT2D eigenvalue weighted by molar-refractivity contribution is -0.154. The molecule has 0 radical (unpaired) electrons. The molecule has 0 atom stereocenters. The van der Waals surface area contributed by atoms with Gasteiger partial charge in [0.15, 0.2) is 11.5 Å². The minimum absolute atomic E-state index is 0.0787. The average molecular weight is 546 g/mol. The fourth-order valence-electron chi connectivity index (χ4n) is 4.12. The van der Waals surface area contributed by atoms with E-state index in [0.717, 1.165) is 22.4 Å². The van der Waals surface area contributed by atoms with E-state index in [1.165, 1.54) is 36.4 Å².